The summed E-state index contributed by atoms with van der Waals surface area (Å²) in [6.07, 6.45) is 0. The second-order valence-corrected chi connectivity index (χ2v) is 5.78. The fourth-order valence-electron chi connectivity index (χ4n) is 2.51. The highest BCUT2D eigenvalue weighted by Gasteiger charge is 2.14. The number of hydrogen-bond donors (Lipinski definition) is 2. The van der Waals surface area contributed by atoms with Crippen molar-refractivity contribution in [1.29, 1.82) is 0 Å². The van der Waals surface area contributed by atoms with Gasteiger partial charge in [-0.3, -0.25) is 4.79 Å². The molecule has 1 amide bonds. The normalized spacial score (nSPS) is 11.6. The van der Waals surface area contributed by atoms with Crippen molar-refractivity contribution in [2.45, 2.75) is 13.0 Å². The molecule has 0 unspecified atom stereocenters. The highest BCUT2D eigenvalue weighted by atomic mass is 19.1. The predicted molar refractivity (Wildman–Crippen MR) is 100.0 cm³/mol. The molecule has 0 bridgehead atoms. The summed E-state index contributed by atoms with van der Waals surface area (Å²) in [6, 6.07) is 23.5. The van der Waals surface area contributed by atoms with Gasteiger partial charge in [0.25, 0.3) is 0 Å². The SMILES string of the molecule is C[C@@H](Nc1ccc(-c2ccccc2)cc1)C(=O)Nc1ccccc1F. The molecule has 0 radical (unpaired) electrons. The van der Waals surface area contributed by atoms with Crippen LogP contribution in [0.25, 0.3) is 11.1 Å². The van der Waals surface area contributed by atoms with Crippen molar-refractivity contribution in [2.75, 3.05) is 10.6 Å². The molecule has 0 aromatic heterocycles. The highest BCUT2D eigenvalue weighted by Crippen LogP contribution is 2.21. The molecule has 0 heterocycles. The van der Waals surface area contributed by atoms with Crippen LogP contribution in [0.15, 0.2) is 78.9 Å². The molecule has 3 rings (SSSR count). The lowest BCUT2D eigenvalue weighted by molar-refractivity contribution is -0.116. The van der Waals surface area contributed by atoms with Crippen LogP contribution < -0.4 is 10.6 Å². The summed E-state index contributed by atoms with van der Waals surface area (Å²) in [6.45, 7) is 1.74. The van der Waals surface area contributed by atoms with E-state index < -0.39 is 11.9 Å². The number of hydrogen-bond acceptors (Lipinski definition) is 2. The van der Waals surface area contributed by atoms with E-state index in [-0.39, 0.29) is 11.6 Å². The van der Waals surface area contributed by atoms with Gasteiger partial charge in [0.2, 0.25) is 5.91 Å². The van der Waals surface area contributed by atoms with Crippen molar-refractivity contribution in [3.8, 4) is 11.1 Å². The minimum atomic E-state index is -0.498. The summed E-state index contributed by atoms with van der Waals surface area (Å²) in [7, 11) is 0. The Balaban J connectivity index is 1.63. The smallest absolute Gasteiger partial charge is 0.246 e. The Hall–Kier alpha value is -3.14. The Labute approximate surface area is 146 Å². The lowest BCUT2D eigenvalue weighted by Gasteiger charge is -2.16. The molecule has 0 spiro atoms. The molecule has 1 atom stereocenters. The van der Waals surface area contributed by atoms with Crippen LogP contribution in [0.1, 0.15) is 6.92 Å². The molecule has 0 saturated carbocycles. The molecule has 25 heavy (non-hydrogen) atoms. The third-order valence-electron chi connectivity index (χ3n) is 3.90. The summed E-state index contributed by atoms with van der Waals surface area (Å²) >= 11 is 0. The maximum absolute atomic E-state index is 13.6. The van der Waals surface area contributed by atoms with E-state index in [4.69, 9.17) is 0 Å². The first-order chi connectivity index (χ1) is 12.1. The third kappa shape index (κ3) is 4.23. The number of nitrogens with one attached hydrogen (secondary N) is 2. The summed E-state index contributed by atoms with van der Waals surface area (Å²) < 4.78 is 13.6. The van der Waals surface area contributed by atoms with Crippen LogP contribution >= 0.6 is 0 Å². The number of para-hydroxylation sites is 1. The van der Waals surface area contributed by atoms with Crippen LogP contribution in [-0.2, 0) is 4.79 Å². The zero-order valence-corrected chi connectivity index (χ0v) is 13.9. The molecular formula is C21H19FN2O. The standard InChI is InChI=1S/C21H19FN2O/c1-15(21(25)24-20-10-6-5-9-19(20)22)23-18-13-11-17(12-14-18)16-7-3-2-4-8-16/h2-15,23H,1H3,(H,24,25)/t15-/m1/s1. The number of carbonyl (C=O) groups excluding carboxylic acids is 1. The van der Waals surface area contributed by atoms with E-state index >= 15 is 0 Å². The lowest BCUT2D eigenvalue weighted by Crippen LogP contribution is -2.32. The average molecular weight is 334 g/mol. The molecule has 3 nitrogen and oxygen atoms in total. The van der Waals surface area contributed by atoms with Crippen molar-refractivity contribution in [2.24, 2.45) is 0 Å². The van der Waals surface area contributed by atoms with Gasteiger partial charge in [0.15, 0.2) is 0 Å². The fraction of sp³-hybridized carbons (Fsp3) is 0.0952. The van der Waals surface area contributed by atoms with Gasteiger partial charge in [0.05, 0.1) is 5.69 Å². The van der Waals surface area contributed by atoms with Gasteiger partial charge in [0, 0.05) is 5.69 Å². The molecule has 0 aliphatic heterocycles. The zero-order valence-electron chi connectivity index (χ0n) is 13.9. The second-order valence-electron chi connectivity index (χ2n) is 5.78. The van der Waals surface area contributed by atoms with Crippen molar-refractivity contribution in [3.05, 3.63) is 84.7 Å². The molecule has 0 aliphatic carbocycles. The summed E-state index contributed by atoms with van der Waals surface area (Å²) in [5, 5.41) is 5.72. The molecule has 0 saturated heterocycles. The minimum Gasteiger partial charge on any atom is -0.374 e. The number of anilines is 2. The first kappa shape index (κ1) is 16.7. The van der Waals surface area contributed by atoms with Gasteiger partial charge in [-0.1, -0.05) is 54.6 Å². The highest BCUT2D eigenvalue weighted by molar-refractivity contribution is 5.96. The molecule has 2 N–H and O–H groups in total. The van der Waals surface area contributed by atoms with Gasteiger partial charge in [-0.2, -0.15) is 0 Å². The number of rotatable bonds is 5. The molecular weight excluding hydrogens is 315 g/mol. The van der Waals surface area contributed by atoms with Crippen molar-refractivity contribution < 1.29 is 9.18 Å². The molecule has 0 aliphatic rings. The van der Waals surface area contributed by atoms with Crippen LogP contribution in [-0.4, -0.2) is 11.9 Å². The predicted octanol–water partition coefficient (Wildman–Crippen LogP) is 4.93. The van der Waals surface area contributed by atoms with Crippen molar-refractivity contribution in [3.63, 3.8) is 0 Å². The van der Waals surface area contributed by atoms with Gasteiger partial charge in [-0.15, -0.1) is 0 Å². The van der Waals surface area contributed by atoms with E-state index in [9.17, 15) is 9.18 Å². The monoisotopic (exact) mass is 334 g/mol. The Morgan fingerprint density at radius 1 is 0.840 bits per heavy atom. The Morgan fingerprint density at radius 3 is 2.12 bits per heavy atom. The lowest BCUT2D eigenvalue weighted by atomic mass is 10.1. The zero-order chi connectivity index (χ0) is 17.6. The van der Waals surface area contributed by atoms with E-state index in [0.717, 1.165) is 16.8 Å². The maximum atomic E-state index is 13.6. The van der Waals surface area contributed by atoms with Crippen LogP contribution in [0.5, 0.6) is 0 Å². The van der Waals surface area contributed by atoms with Crippen LogP contribution in [0.2, 0.25) is 0 Å². The molecule has 0 fully saturated rings. The molecule has 126 valence electrons. The van der Waals surface area contributed by atoms with Gasteiger partial charge >= 0.3 is 0 Å². The Bertz CT molecular complexity index is 847. The largest absolute Gasteiger partial charge is 0.374 e. The number of amides is 1. The first-order valence-corrected chi connectivity index (χ1v) is 8.11. The third-order valence-corrected chi connectivity index (χ3v) is 3.90. The van der Waals surface area contributed by atoms with Gasteiger partial charge in [-0.25, -0.2) is 4.39 Å². The Morgan fingerprint density at radius 2 is 1.44 bits per heavy atom. The van der Waals surface area contributed by atoms with E-state index in [1.807, 2.05) is 54.6 Å². The maximum Gasteiger partial charge on any atom is 0.246 e. The van der Waals surface area contributed by atoms with Gasteiger partial charge in [-0.05, 0) is 42.3 Å². The molecule has 3 aromatic carbocycles. The number of halogens is 1. The minimum absolute atomic E-state index is 0.181. The second kappa shape index (κ2) is 7.62. The summed E-state index contributed by atoms with van der Waals surface area (Å²) in [4.78, 5) is 12.2. The van der Waals surface area contributed by atoms with Crippen LogP contribution in [0.3, 0.4) is 0 Å². The van der Waals surface area contributed by atoms with E-state index in [0.29, 0.717) is 0 Å². The summed E-state index contributed by atoms with van der Waals surface area (Å²) in [5.74, 6) is -0.743. The van der Waals surface area contributed by atoms with Gasteiger partial charge in [0.1, 0.15) is 11.9 Å². The van der Waals surface area contributed by atoms with Crippen molar-refractivity contribution >= 4 is 17.3 Å². The van der Waals surface area contributed by atoms with Crippen LogP contribution in [0.4, 0.5) is 15.8 Å². The molecule has 3 aromatic rings. The Kier molecular flexibility index (Phi) is 5.09. The number of carbonyl (C=O) groups is 1. The fourth-order valence-corrected chi connectivity index (χ4v) is 2.51. The van der Waals surface area contributed by atoms with Crippen molar-refractivity contribution in [1.82, 2.24) is 0 Å². The van der Waals surface area contributed by atoms with E-state index in [1.165, 1.54) is 12.1 Å². The summed E-state index contributed by atoms with van der Waals surface area (Å²) in [5.41, 5.74) is 3.26. The number of benzene rings is 3. The molecule has 4 heteroatoms. The average Bonchev–Trinajstić information content (AvgIpc) is 2.65. The van der Waals surface area contributed by atoms with Crippen LogP contribution in [0, 0.1) is 5.82 Å². The quantitative estimate of drug-likeness (QED) is 0.694. The van der Waals surface area contributed by atoms with Gasteiger partial charge < -0.3 is 10.6 Å². The topological polar surface area (TPSA) is 41.1 Å². The van der Waals surface area contributed by atoms with E-state index in [2.05, 4.69) is 10.6 Å². The van der Waals surface area contributed by atoms with E-state index in [1.54, 1.807) is 19.1 Å². The first-order valence-electron chi connectivity index (χ1n) is 8.11.